The van der Waals surface area contributed by atoms with Crippen molar-refractivity contribution in [2.24, 2.45) is 0 Å². The first-order valence-electron chi connectivity index (χ1n) is 7.95. The highest BCUT2D eigenvalue weighted by atomic mass is 19.1. The predicted molar refractivity (Wildman–Crippen MR) is 86.7 cm³/mol. The number of carbonyl (C=O) groups is 1. The first kappa shape index (κ1) is 15.4. The molecule has 126 valence electrons. The molecule has 1 aliphatic carbocycles. The molecule has 1 saturated carbocycles. The van der Waals surface area contributed by atoms with E-state index in [9.17, 15) is 9.18 Å². The third kappa shape index (κ3) is 3.00. The molecule has 2 aromatic heterocycles. The third-order valence-corrected chi connectivity index (χ3v) is 4.37. The highest BCUT2D eigenvalue weighted by molar-refractivity contribution is 5.91. The van der Waals surface area contributed by atoms with E-state index in [1.165, 1.54) is 12.1 Å². The fraction of sp³-hybridized carbons (Fsp3) is 0.222. The Morgan fingerprint density at radius 3 is 2.72 bits per heavy atom. The lowest BCUT2D eigenvalue weighted by Crippen LogP contribution is -2.34. The second-order valence-corrected chi connectivity index (χ2v) is 6.03. The Kier molecular flexibility index (Phi) is 3.76. The minimum absolute atomic E-state index is 0.111. The van der Waals surface area contributed by atoms with Gasteiger partial charge in [0.15, 0.2) is 0 Å². The summed E-state index contributed by atoms with van der Waals surface area (Å²) >= 11 is 0. The molecular weight excluding hydrogens is 323 g/mol. The molecule has 1 aromatic carbocycles. The molecule has 0 atom stereocenters. The molecule has 6 nitrogen and oxygen atoms in total. The van der Waals surface area contributed by atoms with Gasteiger partial charge >= 0.3 is 0 Å². The summed E-state index contributed by atoms with van der Waals surface area (Å²) in [5.41, 5.74) is 1.00. The predicted octanol–water partition coefficient (Wildman–Crippen LogP) is 2.62. The van der Waals surface area contributed by atoms with E-state index in [1.54, 1.807) is 30.6 Å². The fourth-order valence-electron chi connectivity index (χ4n) is 2.80. The lowest BCUT2D eigenvalue weighted by molar-refractivity contribution is -0.123. The van der Waals surface area contributed by atoms with Crippen LogP contribution in [0.1, 0.15) is 24.3 Å². The Hall–Kier alpha value is -3.09. The first-order chi connectivity index (χ1) is 12.2. The van der Waals surface area contributed by atoms with E-state index < -0.39 is 5.41 Å². The number of nitrogens with zero attached hydrogens (tertiary/aromatic N) is 3. The zero-order valence-electron chi connectivity index (χ0n) is 13.3. The van der Waals surface area contributed by atoms with Crippen LogP contribution in [0.3, 0.4) is 0 Å². The van der Waals surface area contributed by atoms with Gasteiger partial charge in [0.2, 0.25) is 17.6 Å². The van der Waals surface area contributed by atoms with Gasteiger partial charge in [0.05, 0.1) is 12.0 Å². The van der Waals surface area contributed by atoms with Gasteiger partial charge in [-0.1, -0.05) is 17.3 Å². The van der Waals surface area contributed by atoms with Crippen LogP contribution >= 0.6 is 0 Å². The third-order valence-electron chi connectivity index (χ3n) is 4.37. The van der Waals surface area contributed by atoms with Crippen LogP contribution in [0, 0.1) is 5.82 Å². The van der Waals surface area contributed by atoms with Crippen molar-refractivity contribution in [2.75, 3.05) is 0 Å². The highest BCUT2D eigenvalue weighted by Crippen LogP contribution is 2.48. The molecule has 2 heterocycles. The van der Waals surface area contributed by atoms with Crippen LogP contribution in [0.15, 0.2) is 53.3 Å². The molecular formula is C18H15FN4O2. The molecule has 1 fully saturated rings. The zero-order chi connectivity index (χ0) is 17.3. The van der Waals surface area contributed by atoms with Gasteiger partial charge in [0.25, 0.3) is 0 Å². The van der Waals surface area contributed by atoms with E-state index in [4.69, 9.17) is 4.52 Å². The summed E-state index contributed by atoms with van der Waals surface area (Å²) in [6.07, 6.45) is 4.79. The standard InChI is InChI=1S/C18H15FN4O2/c19-14-5-3-13(4-6-14)18(7-8-18)17(24)21-11-15-22-16(23-25-15)12-2-1-9-20-10-12/h1-6,9-10H,7-8,11H2,(H,21,24). The molecule has 0 spiro atoms. The number of hydrogen-bond donors (Lipinski definition) is 1. The molecule has 0 radical (unpaired) electrons. The Labute approximate surface area is 143 Å². The average Bonchev–Trinajstić information content (AvgIpc) is 3.32. The van der Waals surface area contributed by atoms with Gasteiger partial charge in [-0.2, -0.15) is 4.98 Å². The summed E-state index contributed by atoms with van der Waals surface area (Å²) < 4.78 is 18.2. The molecule has 25 heavy (non-hydrogen) atoms. The quantitative estimate of drug-likeness (QED) is 0.773. The van der Waals surface area contributed by atoms with Gasteiger partial charge in [0.1, 0.15) is 5.82 Å². The van der Waals surface area contributed by atoms with Gasteiger partial charge in [-0.3, -0.25) is 9.78 Å². The Morgan fingerprint density at radius 2 is 2.04 bits per heavy atom. The molecule has 7 heteroatoms. The van der Waals surface area contributed by atoms with E-state index in [1.807, 2.05) is 6.07 Å². The van der Waals surface area contributed by atoms with Crippen LogP contribution in [-0.4, -0.2) is 21.0 Å². The van der Waals surface area contributed by atoms with Crippen LogP contribution < -0.4 is 5.32 Å². The molecule has 3 aromatic rings. The van der Waals surface area contributed by atoms with E-state index >= 15 is 0 Å². The lowest BCUT2D eigenvalue weighted by atomic mass is 9.95. The van der Waals surface area contributed by atoms with E-state index in [0.717, 1.165) is 24.0 Å². The smallest absolute Gasteiger partial charge is 0.246 e. The highest BCUT2D eigenvalue weighted by Gasteiger charge is 2.51. The summed E-state index contributed by atoms with van der Waals surface area (Å²) in [7, 11) is 0. The van der Waals surface area contributed by atoms with Gasteiger partial charge in [0, 0.05) is 18.0 Å². The van der Waals surface area contributed by atoms with Crippen molar-refractivity contribution in [2.45, 2.75) is 24.8 Å². The molecule has 1 N–H and O–H groups in total. The number of pyridine rings is 1. The van der Waals surface area contributed by atoms with Crippen molar-refractivity contribution >= 4 is 5.91 Å². The first-order valence-corrected chi connectivity index (χ1v) is 7.95. The van der Waals surface area contributed by atoms with Crippen molar-refractivity contribution in [1.82, 2.24) is 20.4 Å². The Bertz CT molecular complexity index is 889. The van der Waals surface area contributed by atoms with Crippen LogP contribution in [0.25, 0.3) is 11.4 Å². The number of benzene rings is 1. The zero-order valence-corrected chi connectivity index (χ0v) is 13.3. The number of hydrogen-bond acceptors (Lipinski definition) is 5. The van der Waals surface area contributed by atoms with Crippen molar-refractivity contribution in [3.63, 3.8) is 0 Å². The van der Waals surface area contributed by atoms with Crippen LogP contribution in [0.4, 0.5) is 4.39 Å². The largest absolute Gasteiger partial charge is 0.346 e. The van der Waals surface area contributed by atoms with Gasteiger partial charge in [-0.15, -0.1) is 0 Å². The van der Waals surface area contributed by atoms with Crippen LogP contribution in [-0.2, 0) is 16.8 Å². The molecule has 0 unspecified atom stereocenters. The van der Waals surface area contributed by atoms with Crippen molar-refractivity contribution in [3.8, 4) is 11.4 Å². The number of aromatic nitrogens is 3. The average molecular weight is 338 g/mol. The maximum atomic E-state index is 13.1. The molecule has 1 amide bonds. The van der Waals surface area contributed by atoms with Crippen LogP contribution in [0.2, 0.25) is 0 Å². The maximum absolute atomic E-state index is 13.1. The minimum Gasteiger partial charge on any atom is -0.346 e. The topological polar surface area (TPSA) is 80.9 Å². The minimum atomic E-state index is -0.570. The second kappa shape index (κ2) is 6.08. The normalized spacial score (nSPS) is 14.9. The fourth-order valence-corrected chi connectivity index (χ4v) is 2.80. The monoisotopic (exact) mass is 338 g/mol. The SMILES string of the molecule is O=C(NCc1nc(-c2cccnc2)no1)C1(c2ccc(F)cc2)CC1. The molecule has 0 bridgehead atoms. The summed E-state index contributed by atoms with van der Waals surface area (Å²) in [5, 5.41) is 6.73. The molecule has 1 aliphatic rings. The number of amides is 1. The summed E-state index contributed by atoms with van der Waals surface area (Å²) in [4.78, 5) is 20.8. The van der Waals surface area contributed by atoms with Crippen molar-refractivity contribution in [3.05, 3.63) is 66.1 Å². The summed E-state index contributed by atoms with van der Waals surface area (Å²) in [6.45, 7) is 0.148. The maximum Gasteiger partial charge on any atom is 0.246 e. The molecule has 0 aliphatic heterocycles. The van der Waals surface area contributed by atoms with Gasteiger partial charge < -0.3 is 9.84 Å². The molecule has 0 saturated heterocycles. The van der Waals surface area contributed by atoms with E-state index in [-0.39, 0.29) is 18.3 Å². The lowest BCUT2D eigenvalue weighted by Gasteiger charge is -2.14. The van der Waals surface area contributed by atoms with Crippen LogP contribution in [0.5, 0.6) is 0 Å². The van der Waals surface area contributed by atoms with E-state index in [2.05, 4.69) is 20.4 Å². The number of nitrogens with one attached hydrogen (secondary N) is 1. The number of carbonyl (C=O) groups excluding carboxylic acids is 1. The van der Waals surface area contributed by atoms with Crippen molar-refractivity contribution < 1.29 is 13.7 Å². The second-order valence-electron chi connectivity index (χ2n) is 6.03. The number of halogens is 1. The van der Waals surface area contributed by atoms with E-state index in [0.29, 0.717) is 11.7 Å². The summed E-state index contributed by atoms with van der Waals surface area (Å²) in [5.74, 6) is 0.327. The van der Waals surface area contributed by atoms with Gasteiger partial charge in [-0.25, -0.2) is 4.39 Å². The molecule has 4 rings (SSSR count). The van der Waals surface area contributed by atoms with Gasteiger partial charge in [-0.05, 0) is 42.7 Å². The summed E-state index contributed by atoms with van der Waals surface area (Å²) in [6, 6.07) is 9.69. The Morgan fingerprint density at radius 1 is 1.24 bits per heavy atom. The number of rotatable bonds is 5. The Balaban J connectivity index is 1.43. The van der Waals surface area contributed by atoms with Crippen molar-refractivity contribution in [1.29, 1.82) is 0 Å².